The fraction of sp³-hybridized carbons (Fsp3) is 0.600. The molecule has 0 bridgehead atoms. The van der Waals surface area contributed by atoms with E-state index in [9.17, 15) is 0 Å². The van der Waals surface area contributed by atoms with Crippen LogP contribution in [0.4, 0.5) is 5.82 Å². The average Bonchev–Trinajstić information content (AvgIpc) is 2.63. The zero-order chi connectivity index (χ0) is 12.2. The van der Waals surface area contributed by atoms with E-state index in [2.05, 4.69) is 41.2 Å². The molecule has 0 fully saturated rings. The van der Waals surface area contributed by atoms with Gasteiger partial charge in [0.05, 0.1) is 6.20 Å². The van der Waals surface area contributed by atoms with Gasteiger partial charge in [-0.3, -0.25) is 5.10 Å². The quantitative estimate of drug-likeness (QED) is 0.607. The number of nitrogens with zero attached hydrogens (tertiary/aromatic N) is 2. The summed E-state index contributed by atoms with van der Waals surface area (Å²) in [5.74, 6) is 0.619. The summed E-state index contributed by atoms with van der Waals surface area (Å²) in [4.78, 5) is 0. The normalized spacial score (nSPS) is 13.2. The largest absolute Gasteiger partial charge is 0.362 e. The lowest BCUT2D eigenvalue weighted by Gasteiger charge is -2.29. The summed E-state index contributed by atoms with van der Waals surface area (Å²) < 4.78 is 5.67. The highest BCUT2D eigenvalue weighted by Crippen LogP contribution is 2.17. The first kappa shape index (κ1) is 12.7. The maximum atomic E-state index is 8.87. The average molecular weight is 238 g/mol. The van der Waals surface area contributed by atoms with E-state index in [1.165, 1.54) is 6.20 Å². The lowest BCUT2D eigenvalue weighted by Crippen LogP contribution is -2.46. The Labute approximate surface area is 96.8 Å². The van der Waals surface area contributed by atoms with Gasteiger partial charge in [0.25, 0.3) is 0 Å². The Hall–Kier alpha value is -1.32. The van der Waals surface area contributed by atoms with Crippen LogP contribution in [0.2, 0.25) is 19.6 Å². The topological polar surface area (TPSA) is 73.7 Å². The molecule has 88 valence electrons. The molecule has 1 heterocycles. The summed E-state index contributed by atoms with van der Waals surface area (Å²) in [6.45, 7) is 9.25. The molecule has 0 aromatic carbocycles. The summed E-state index contributed by atoms with van der Waals surface area (Å²) in [7, 11) is -1.49. The number of rotatable bonds is 5. The molecular formula is C10H18N4OSi. The highest BCUT2D eigenvalue weighted by Gasteiger charge is 2.28. The van der Waals surface area contributed by atoms with Crippen LogP contribution in [0.15, 0.2) is 6.20 Å². The van der Waals surface area contributed by atoms with E-state index in [-0.39, 0.29) is 5.85 Å². The molecule has 0 spiro atoms. The molecule has 0 saturated heterocycles. The highest BCUT2D eigenvalue weighted by molar-refractivity contribution is 6.77. The van der Waals surface area contributed by atoms with Crippen molar-refractivity contribution in [3.05, 3.63) is 11.8 Å². The van der Waals surface area contributed by atoms with Crippen molar-refractivity contribution in [1.29, 1.82) is 5.26 Å². The van der Waals surface area contributed by atoms with E-state index in [0.29, 0.717) is 18.0 Å². The molecule has 0 aliphatic heterocycles. The van der Waals surface area contributed by atoms with Gasteiger partial charge in [-0.2, -0.15) is 10.4 Å². The maximum Gasteiger partial charge on any atom is 0.141 e. The summed E-state index contributed by atoms with van der Waals surface area (Å²) in [6, 6.07) is 2.08. The predicted octanol–water partition coefficient (Wildman–Crippen LogP) is 1.93. The van der Waals surface area contributed by atoms with Crippen molar-refractivity contribution in [3.8, 4) is 6.07 Å². The summed E-state index contributed by atoms with van der Waals surface area (Å²) in [5.41, 5.74) is 0.517. The lowest BCUT2D eigenvalue weighted by atomic mass is 10.4. The first-order valence-electron chi connectivity index (χ1n) is 5.30. The third-order valence-corrected chi connectivity index (χ3v) is 4.04. The summed E-state index contributed by atoms with van der Waals surface area (Å²) >= 11 is 0. The van der Waals surface area contributed by atoms with Crippen LogP contribution in [-0.2, 0) is 4.74 Å². The molecular weight excluding hydrogens is 220 g/mol. The number of aromatic nitrogens is 2. The second kappa shape index (κ2) is 5.14. The standard InChI is InChI=1S/C10H18N4OSi/c1-5-15-10(16(2,3)4)13-9-8(6-11)7-12-14-9/h7,10H,5H2,1-4H3,(H2,12,13,14). The fourth-order valence-corrected chi connectivity index (χ4v) is 2.53. The van der Waals surface area contributed by atoms with Crippen LogP contribution >= 0.6 is 0 Å². The Bertz CT molecular complexity index is 377. The molecule has 0 saturated carbocycles. The Morgan fingerprint density at radius 3 is 2.81 bits per heavy atom. The van der Waals surface area contributed by atoms with E-state index in [0.717, 1.165) is 0 Å². The molecule has 2 N–H and O–H groups in total. The van der Waals surface area contributed by atoms with Gasteiger partial charge < -0.3 is 10.1 Å². The highest BCUT2D eigenvalue weighted by atomic mass is 28.3. The number of H-pyrrole nitrogens is 1. The van der Waals surface area contributed by atoms with Crippen LogP contribution < -0.4 is 5.32 Å². The van der Waals surface area contributed by atoms with Gasteiger partial charge in [0.2, 0.25) is 0 Å². The number of hydrogen-bond acceptors (Lipinski definition) is 4. The molecule has 0 aliphatic rings. The molecule has 0 amide bonds. The van der Waals surface area contributed by atoms with Crippen molar-refractivity contribution < 1.29 is 4.74 Å². The minimum absolute atomic E-state index is 0.0231. The molecule has 1 unspecified atom stereocenters. The first-order chi connectivity index (χ1) is 7.49. The number of nitriles is 1. The Kier molecular flexibility index (Phi) is 4.10. The minimum atomic E-state index is -1.49. The summed E-state index contributed by atoms with van der Waals surface area (Å²) in [5, 5.41) is 18.7. The third-order valence-electron chi connectivity index (χ3n) is 2.16. The number of aromatic amines is 1. The van der Waals surface area contributed by atoms with Crippen LogP contribution in [0.3, 0.4) is 0 Å². The van der Waals surface area contributed by atoms with Crippen LogP contribution in [0.25, 0.3) is 0 Å². The van der Waals surface area contributed by atoms with Gasteiger partial charge in [-0.05, 0) is 6.92 Å². The van der Waals surface area contributed by atoms with Gasteiger partial charge in [-0.1, -0.05) is 19.6 Å². The Balaban J connectivity index is 2.81. The van der Waals surface area contributed by atoms with Gasteiger partial charge >= 0.3 is 0 Å². The molecule has 5 nitrogen and oxygen atoms in total. The molecule has 16 heavy (non-hydrogen) atoms. The van der Waals surface area contributed by atoms with Crippen molar-refractivity contribution in [2.24, 2.45) is 0 Å². The lowest BCUT2D eigenvalue weighted by molar-refractivity contribution is 0.129. The molecule has 0 radical (unpaired) electrons. The number of anilines is 1. The van der Waals surface area contributed by atoms with Gasteiger partial charge in [0.1, 0.15) is 31.4 Å². The number of nitrogens with one attached hydrogen (secondary N) is 2. The molecule has 1 aromatic rings. The molecule has 1 atom stereocenters. The van der Waals surface area contributed by atoms with E-state index >= 15 is 0 Å². The van der Waals surface area contributed by atoms with Crippen molar-refractivity contribution in [2.45, 2.75) is 32.4 Å². The SMILES string of the molecule is CCOC(Nc1[nH]ncc1C#N)[Si](C)(C)C. The van der Waals surface area contributed by atoms with Crippen LogP contribution in [0, 0.1) is 11.3 Å². The van der Waals surface area contributed by atoms with Crippen molar-refractivity contribution in [3.63, 3.8) is 0 Å². The van der Waals surface area contributed by atoms with E-state index in [1.807, 2.05) is 6.92 Å². The molecule has 1 aromatic heterocycles. The monoisotopic (exact) mass is 238 g/mol. The molecule has 1 rings (SSSR count). The third kappa shape index (κ3) is 3.08. The maximum absolute atomic E-state index is 8.87. The van der Waals surface area contributed by atoms with Crippen molar-refractivity contribution >= 4 is 13.9 Å². The first-order valence-corrected chi connectivity index (χ1v) is 8.88. The number of ether oxygens (including phenoxy) is 1. The predicted molar refractivity (Wildman–Crippen MR) is 65.7 cm³/mol. The van der Waals surface area contributed by atoms with E-state index in [1.54, 1.807) is 0 Å². The fourth-order valence-electron chi connectivity index (χ4n) is 1.29. The number of hydrogen-bond donors (Lipinski definition) is 2. The Morgan fingerprint density at radius 2 is 2.31 bits per heavy atom. The summed E-state index contributed by atoms with van der Waals surface area (Å²) in [6.07, 6.45) is 1.51. The van der Waals surface area contributed by atoms with Crippen molar-refractivity contribution in [1.82, 2.24) is 10.2 Å². The Morgan fingerprint density at radius 1 is 1.62 bits per heavy atom. The smallest absolute Gasteiger partial charge is 0.141 e. The van der Waals surface area contributed by atoms with Gasteiger partial charge in [-0.25, -0.2) is 0 Å². The van der Waals surface area contributed by atoms with Crippen LogP contribution in [-0.4, -0.2) is 30.7 Å². The minimum Gasteiger partial charge on any atom is -0.362 e. The zero-order valence-corrected chi connectivity index (χ0v) is 11.2. The van der Waals surface area contributed by atoms with Gasteiger partial charge in [0, 0.05) is 6.61 Å². The zero-order valence-electron chi connectivity index (χ0n) is 10.2. The second-order valence-corrected chi connectivity index (χ2v) is 9.87. The molecule has 0 aliphatic carbocycles. The van der Waals surface area contributed by atoms with E-state index < -0.39 is 8.07 Å². The van der Waals surface area contributed by atoms with Crippen LogP contribution in [0.1, 0.15) is 12.5 Å². The molecule has 6 heteroatoms. The van der Waals surface area contributed by atoms with Gasteiger partial charge in [-0.15, -0.1) is 0 Å². The van der Waals surface area contributed by atoms with Gasteiger partial charge in [0.15, 0.2) is 0 Å². The van der Waals surface area contributed by atoms with E-state index in [4.69, 9.17) is 10.00 Å². The second-order valence-electron chi connectivity index (χ2n) is 4.62. The van der Waals surface area contributed by atoms with Crippen molar-refractivity contribution in [2.75, 3.05) is 11.9 Å². The van der Waals surface area contributed by atoms with Crippen LogP contribution in [0.5, 0.6) is 0 Å².